The summed E-state index contributed by atoms with van der Waals surface area (Å²) in [5.41, 5.74) is 3.46. The number of amides is 1. The van der Waals surface area contributed by atoms with Crippen molar-refractivity contribution in [2.24, 2.45) is 0 Å². The number of thioether (sulfide) groups is 1. The monoisotopic (exact) mass is 549 g/mol. The number of anilines is 1. The van der Waals surface area contributed by atoms with E-state index < -0.39 is 12.3 Å². The molecule has 0 aliphatic carbocycles. The van der Waals surface area contributed by atoms with E-state index in [1.54, 1.807) is 11.8 Å². The van der Waals surface area contributed by atoms with Gasteiger partial charge in [0.1, 0.15) is 0 Å². The first kappa shape index (κ1) is 28.8. The van der Waals surface area contributed by atoms with E-state index in [2.05, 4.69) is 17.4 Å². The number of hydrogen-bond acceptors (Lipinski definition) is 6. The predicted molar refractivity (Wildman–Crippen MR) is 151 cm³/mol. The smallest absolute Gasteiger partial charge is 0.303 e. The van der Waals surface area contributed by atoms with Gasteiger partial charge in [0.25, 0.3) is 0 Å². The van der Waals surface area contributed by atoms with Crippen LogP contribution in [0.1, 0.15) is 67.6 Å². The van der Waals surface area contributed by atoms with E-state index in [9.17, 15) is 14.7 Å². The van der Waals surface area contributed by atoms with Crippen LogP contribution in [0.15, 0.2) is 83.8 Å². The first-order valence-corrected chi connectivity index (χ1v) is 14.3. The number of nitrogens with one attached hydrogen (secondary N) is 1. The lowest BCUT2D eigenvalue weighted by atomic mass is 10.0. The van der Waals surface area contributed by atoms with Gasteiger partial charge in [0.15, 0.2) is 6.29 Å². The topological polar surface area (TPSA) is 105 Å². The zero-order valence-electron chi connectivity index (χ0n) is 21.8. The first-order chi connectivity index (χ1) is 19.0. The van der Waals surface area contributed by atoms with Gasteiger partial charge in [-0.15, -0.1) is 11.8 Å². The van der Waals surface area contributed by atoms with Crippen molar-refractivity contribution in [3.63, 3.8) is 0 Å². The zero-order valence-corrected chi connectivity index (χ0v) is 22.6. The molecule has 3 aromatic rings. The molecular formula is C31H35NO6S. The van der Waals surface area contributed by atoms with E-state index in [0.29, 0.717) is 31.4 Å². The molecule has 7 nitrogen and oxygen atoms in total. The van der Waals surface area contributed by atoms with Gasteiger partial charge in [0.2, 0.25) is 5.91 Å². The van der Waals surface area contributed by atoms with E-state index in [1.165, 1.54) is 4.90 Å². The lowest BCUT2D eigenvalue weighted by Crippen LogP contribution is -2.31. The van der Waals surface area contributed by atoms with Crippen LogP contribution in [-0.2, 0) is 25.7 Å². The van der Waals surface area contributed by atoms with Gasteiger partial charge in [-0.2, -0.15) is 0 Å². The molecule has 8 heteroatoms. The highest BCUT2D eigenvalue weighted by Crippen LogP contribution is 2.39. The molecule has 1 aliphatic rings. The Bertz CT molecular complexity index is 1190. The summed E-state index contributed by atoms with van der Waals surface area (Å²) >= 11 is 1.76. The minimum atomic E-state index is -0.808. The Morgan fingerprint density at radius 3 is 2.23 bits per heavy atom. The van der Waals surface area contributed by atoms with E-state index in [0.717, 1.165) is 28.9 Å². The second-order valence-electron chi connectivity index (χ2n) is 9.60. The molecule has 1 aliphatic heterocycles. The number of carboxylic acid groups (broad SMARTS) is 1. The Morgan fingerprint density at radius 1 is 0.846 bits per heavy atom. The van der Waals surface area contributed by atoms with Crippen molar-refractivity contribution in [1.82, 2.24) is 0 Å². The molecular weight excluding hydrogens is 514 g/mol. The van der Waals surface area contributed by atoms with E-state index >= 15 is 0 Å². The molecule has 1 amide bonds. The summed E-state index contributed by atoms with van der Waals surface area (Å²) in [4.78, 5) is 24.1. The molecule has 3 atom stereocenters. The fourth-order valence-corrected chi connectivity index (χ4v) is 5.36. The number of benzene rings is 3. The van der Waals surface area contributed by atoms with Crippen molar-refractivity contribution in [3.8, 4) is 0 Å². The Kier molecular flexibility index (Phi) is 11.0. The average molecular weight is 550 g/mol. The standard InChI is InChI=1S/C31H35NO6S/c33-20-22-11-13-23(14-12-22)28-19-26(21-39-27-7-3-1-4-8-27)37-31(38-28)24-15-17-25(18-16-24)32-29(34)9-5-2-6-10-30(35)36/h1,3-4,7-8,11-18,26,28,31,33H,2,5-6,9-10,19-21H2,(H,32,34)(H,35,36)/t26-,28+,31+/m0/s1. The van der Waals surface area contributed by atoms with Gasteiger partial charge in [-0.25, -0.2) is 0 Å². The molecule has 4 rings (SSSR count). The number of unbranched alkanes of at least 4 members (excludes halogenated alkanes) is 2. The summed E-state index contributed by atoms with van der Waals surface area (Å²) in [6.45, 7) is 0.00148. The maximum atomic E-state index is 12.3. The van der Waals surface area contributed by atoms with Crippen molar-refractivity contribution < 1.29 is 29.3 Å². The lowest BCUT2D eigenvalue weighted by Gasteiger charge is -2.36. The molecule has 0 aromatic heterocycles. The number of carboxylic acids is 1. The second-order valence-corrected chi connectivity index (χ2v) is 10.7. The van der Waals surface area contributed by atoms with Crippen LogP contribution in [0.25, 0.3) is 0 Å². The van der Waals surface area contributed by atoms with Crippen LogP contribution < -0.4 is 5.32 Å². The van der Waals surface area contributed by atoms with Crippen molar-refractivity contribution >= 4 is 29.3 Å². The number of aliphatic carboxylic acids is 1. The average Bonchev–Trinajstić information content (AvgIpc) is 2.96. The number of hydrogen-bond donors (Lipinski definition) is 3. The van der Waals surface area contributed by atoms with Crippen LogP contribution in [0.2, 0.25) is 0 Å². The summed E-state index contributed by atoms with van der Waals surface area (Å²) in [5, 5.41) is 21.0. The van der Waals surface area contributed by atoms with Crippen LogP contribution in [0.3, 0.4) is 0 Å². The Morgan fingerprint density at radius 2 is 1.54 bits per heavy atom. The predicted octanol–water partition coefficient (Wildman–Crippen LogP) is 6.49. The van der Waals surface area contributed by atoms with Crippen LogP contribution in [0.5, 0.6) is 0 Å². The Balaban J connectivity index is 1.38. The number of aliphatic hydroxyl groups excluding tert-OH is 1. The Hall–Kier alpha value is -3.17. The van der Waals surface area contributed by atoms with Crippen LogP contribution in [0.4, 0.5) is 5.69 Å². The van der Waals surface area contributed by atoms with Crippen LogP contribution in [0, 0.1) is 0 Å². The fraction of sp³-hybridized carbons (Fsp3) is 0.355. The van der Waals surface area contributed by atoms with Crippen molar-refractivity contribution in [3.05, 3.63) is 95.6 Å². The summed E-state index contributed by atoms with van der Waals surface area (Å²) in [7, 11) is 0. The molecule has 0 spiro atoms. The van der Waals surface area contributed by atoms with Gasteiger partial charge in [-0.05, 0) is 48.2 Å². The third-order valence-electron chi connectivity index (χ3n) is 6.56. The molecule has 3 aromatic carbocycles. The third-order valence-corrected chi connectivity index (χ3v) is 7.70. The molecule has 1 heterocycles. The summed E-state index contributed by atoms with van der Waals surface area (Å²) in [6, 6.07) is 25.6. The molecule has 0 radical (unpaired) electrons. The molecule has 1 saturated heterocycles. The fourth-order valence-electron chi connectivity index (χ4n) is 4.41. The van der Waals surface area contributed by atoms with E-state index in [1.807, 2.05) is 66.7 Å². The number of carbonyl (C=O) groups excluding carboxylic acids is 1. The van der Waals surface area contributed by atoms with Crippen molar-refractivity contribution in [2.75, 3.05) is 11.1 Å². The van der Waals surface area contributed by atoms with Crippen molar-refractivity contribution in [1.29, 1.82) is 0 Å². The number of carbonyl (C=O) groups is 2. The molecule has 0 saturated carbocycles. The quantitative estimate of drug-likeness (QED) is 0.165. The number of ether oxygens (including phenoxy) is 2. The highest BCUT2D eigenvalue weighted by Gasteiger charge is 2.32. The summed E-state index contributed by atoms with van der Waals surface area (Å²) < 4.78 is 12.8. The van der Waals surface area contributed by atoms with Gasteiger partial charge in [0, 0.05) is 41.2 Å². The van der Waals surface area contributed by atoms with Crippen LogP contribution in [-0.4, -0.2) is 33.9 Å². The molecule has 206 valence electrons. The number of rotatable bonds is 13. The lowest BCUT2D eigenvalue weighted by molar-refractivity contribution is -0.245. The molecule has 0 unspecified atom stereocenters. The second kappa shape index (κ2) is 14.8. The highest BCUT2D eigenvalue weighted by molar-refractivity contribution is 7.99. The SMILES string of the molecule is O=C(O)CCCCCC(=O)Nc1ccc([C@@H]2O[C@H](CSc3ccccc3)C[C@H](c3ccc(CO)cc3)O2)cc1. The van der Waals surface area contributed by atoms with Gasteiger partial charge in [-0.3, -0.25) is 9.59 Å². The molecule has 0 bridgehead atoms. The normalized spacial score (nSPS) is 18.9. The molecule has 1 fully saturated rings. The first-order valence-electron chi connectivity index (χ1n) is 13.3. The largest absolute Gasteiger partial charge is 0.481 e. The summed E-state index contributed by atoms with van der Waals surface area (Å²) in [5.74, 6) is -0.110. The maximum absolute atomic E-state index is 12.3. The van der Waals surface area contributed by atoms with Gasteiger partial charge in [-0.1, -0.05) is 61.0 Å². The van der Waals surface area contributed by atoms with E-state index in [-0.39, 0.29) is 31.1 Å². The highest BCUT2D eigenvalue weighted by atomic mass is 32.2. The molecule has 39 heavy (non-hydrogen) atoms. The van der Waals surface area contributed by atoms with E-state index in [4.69, 9.17) is 14.6 Å². The number of aliphatic hydroxyl groups is 1. The molecule has 3 N–H and O–H groups in total. The summed E-state index contributed by atoms with van der Waals surface area (Å²) in [6.07, 6.45) is 2.41. The van der Waals surface area contributed by atoms with Gasteiger partial charge < -0.3 is 25.0 Å². The third kappa shape index (κ3) is 9.21. The van der Waals surface area contributed by atoms with Crippen LogP contribution >= 0.6 is 11.8 Å². The van der Waals surface area contributed by atoms with Crippen molar-refractivity contribution in [2.45, 2.75) is 68.5 Å². The zero-order chi connectivity index (χ0) is 27.5. The Labute approximate surface area is 233 Å². The minimum absolute atomic E-state index is 0.00148. The van der Waals surface area contributed by atoms with Gasteiger partial charge >= 0.3 is 5.97 Å². The maximum Gasteiger partial charge on any atom is 0.303 e. The van der Waals surface area contributed by atoms with Gasteiger partial charge in [0.05, 0.1) is 18.8 Å². The minimum Gasteiger partial charge on any atom is -0.481 e.